The zero-order valence-corrected chi connectivity index (χ0v) is 53.8. The summed E-state index contributed by atoms with van der Waals surface area (Å²) in [7, 11) is -14.6. The van der Waals surface area contributed by atoms with E-state index in [0.717, 1.165) is 63.8 Å². The first-order valence-electron chi connectivity index (χ1n) is 28.9. The maximum atomic E-state index is 14.5. The number of nitrogen functional groups attached to an aromatic ring is 3. The number of anilines is 3. The predicted molar refractivity (Wildman–Crippen MR) is 316 cm³/mol. The van der Waals surface area contributed by atoms with E-state index in [9.17, 15) is 47.7 Å². The van der Waals surface area contributed by atoms with Crippen LogP contribution in [0.1, 0.15) is 89.8 Å². The largest absolute Gasteiger partial charge is 0.472 e. The Bertz CT molecular complexity index is 3710. The molecule has 4 aliphatic heterocycles. The standard InChI is InChI=1S/C48H71N15O24P4S/c1-3-4-5-6-7-8-9-11-29(65)76-16-17-92-91(73,74)87-37-38-48(12-10-14-77-38,84-47(37)63-26-60-32-41(51)54-23-57-44(32)63)20-81-90(71,72)85-35-33(66)27(82-45(35)61-24-58-30-39(49)52-21-55-42(30)61)18-80-89(69,70)86-36-34(75-2)28(19-79-88(67,68)78-15-13-64)83-46(36)62-25-59-31-40(50)53-22-56-43(31)62/h21-28,33-38,45-47,64,66H,3-20H2,1-2H3,(H,67,68)(H,69,70)(H,71,72)(H,73,74)(H2,49,52,55)(H2,50,53,56)(H2,51,54,57)/t27-,28-,33+,34+,35?,36?,37?,38-,45-,46-,47-,48-/m1/s1. The fraction of sp³-hybridized carbons (Fsp3) is 0.667. The van der Waals surface area contributed by atoms with E-state index in [0.29, 0.717) is 17.8 Å². The average molecular weight is 1400 g/mol. The maximum Gasteiger partial charge on any atom is 0.472 e. The van der Waals surface area contributed by atoms with Gasteiger partial charge in [0.2, 0.25) is 0 Å². The van der Waals surface area contributed by atoms with E-state index in [4.69, 9.17) is 82.4 Å². The van der Waals surface area contributed by atoms with E-state index < -0.39 is 142 Å². The third-order valence-corrected chi connectivity index (χ3v) is 21.2. The van der Waals surface area contributed by atoms with Gasteiger partial charge in [0.15, 0.2) is 53.1 Å². The van der Waals surface area contributed by atoms with Crippen LogP contribution in [0, 0.1) is 0 Å². The normalized spacial score (nSPS) is 28.5. The monoisotopic (exact) mass is 1400 g/mol. The number of aromatic nitrogens is 12. The molecule has 39 nitrogen and oxygen atoms in total. The number of carbonyl (C=O) groups excluding carboxylic acids is 1. The molecule has 4 saturated heterocycles. The molecule has 6 aromatic heterocycles. The highest BCUT2D eigenvalue weighted by atomic mass is 32.7. The first-order chi connectivity index (χ1) is 44.0. The van der Waals surface area contributed by atoms with Gasteiger partial charge >= 0.3 is 36.2 Å². The fourth-order valence-corrected chi connectivity index (χ4v) is 16.1. The molecule has 508 valence electrons. The van der Waals surface area contributed by atoms with Gasteiger partial charge in [0.05, 0.1) is 52.0 Å². The highest BCUT2D eigenvalue weighted by Gasteiger charge is 2.62. The summed E-state index contributed by atoms with van der Waals surface area (Å²) >= 11 is 0.487. The summed E-state index contributed by atoms with van der Waals surface area (Å²) in [6.45, 7) is -6.54. The first-order valence-corrected chi connectivity index (χ1v) is 36.6. The number of esters is 1. The van der Waals surface area contributed by atoms with Crippen LogP contribution in [0.15, 0.2) is 38.0 Å². The van der Waals surface area contributed by atoms with E-state index in [1.54, 1.807) is 0 Å². The van der Waals surface area contributed by atoms with E-state index in [1.807, 2.05) is 0 Å². The molecule has 16 atom stereocenters. The minimum absolute atomic E-state index is 0.0121. The molecule has 10 heterocycles. The lowest BCUT2D eigenvalue weighted by Gasteiger charge is -2.38. The number of hydrogen-bond acceptors (Lipinski definition) is 33. The van der Waals surface area contributed by atoms with E-state index in [2.05, 4.69) is 51.8 Å². The number of phosphoric acid groups is 3. The van der Waals surface area contributed by atoms with Crippen molar-refractivity contribution in [2.45, 2.75) is 144 Å². The van der Waals surface area contributed by atoms with Gasteiger partial charge in [-0.15, -0.1) is 0 Å². The Hall–Kier alpha value is -4.93. The number of unbranched alkanes of at least 4 members (excludes halogenated alkanes) is 6. The summed E-state index contributed by atoms with van der Waals surface area (Å²) in [5.41, 5.74) is 16.8. The smallest absolute Gasteiger partial charge is 0.465 e. The number of rotatable bonds is 34. The summed E-state index contributed by atoms with van der Waals surface area (Å²) in [5, 5.41) is 21.2. The molecule has 44 heteroatoms. The van der Waals surface area contributed by atoms with Gasteiger partial charge in [-0.2, -0.15) is 0 Å². The SMILES string of the molecule is CCCCCCCCCC(=O)OCCSP(=O)(O)OC1[C@H](n2cnc3c(N)ncnc32)O[C@@]2(COP(=O)(O)OC3[C@@H](O)[C@@H](COP(=O)(O)OC4[C@@H](OC)[C@@H](COP(=O)(O)OCCO)O[C@H]4n4cnc5c(N)ncnc54)O[C@H]3n3cnc4c(N)ncnc43)CCCO[C@H]12. The van der Waals surface area contributed by atoms with Gasteiger partial charge in [-0.3, -0.25) is 50.2 Å². The summed E-state index contributed by atoms with van der Waals surface area (Å²) in [5.74, 6) is -0.752. The van der Waals surface area contributed by atoms with Gasteiger partial charge < -0.3 is 75.4 Å². The Kier molecular flexibility index (Phi) is 22.8. The zero-order chi connectivity index (χ0) is 65.6. The van der Waals surface area contributed by atoms with Crippen LogP contribution in [0.5, 0.6) is 0 Å². The molecule has 0 spiro atoms. The molecule has 4 aliphatic rings. The highest BCUT2D eigenvalue weighted by Crippen LogP contribution is 2.61. The summed E-state index contributed by atoms with van der Waals surface area (Å²) in [6.07, 6.45) is -3.22. The molecule has 7 unspecified atom stereocenters. The van der Waals surface area contributed by atoms with Crippen LogP contribution in [-0.2, 0) is 83.1 Å². The van der Waals surface area contributed by atoms with Crippen LogP contribution in [0.25, 0.3) is 33.5 Å². The highest BCUT2D eigenvalue weighted by molar-refractivity contribution is 8.54. The van der Waals surface area contributed by atoms with Crippen LogP contribution in [-0.4, -0.2) is 208 Å². The molecule has 92 heavy (non-hydrogen) atoms. The number of ether oxygens (including phenoxy) is 6. The molecule has 0 radical (unpaired) electrons. The number of aliphatic hydroxyl groups is 2. The van der Waals surface area contributed by atoms with Gasteiger partial charge in [0, 0.05) is 25.9 Å². The molecular formula is C48H71N15O24P4S. The lowest BCUT2D eigenvalue weighted by molar-refractivity contribution is -0.165. The number of hydrogen-bond donors (Lipinski definition) is 9. The van der Waals surface area contributed by atoms with Crippen LogP contribution in [0.3, 0.4) is 0 Å². The molecule has 4 fully saturated rings. The average Bonchev–Trinajstić information content (AvgIpc) is 1.59. The van der Waals surface area contributed by atoms with Crippen LogP contribution < -0.4 is 17.2 Å². The van der Waals surface area contributed by atoms with Gasteiger partial charge in [0.1, 0.15) is 96.6 Å². The molecule has 10 rings (SSSR count). The number of aliphatic hydroxyl groups excluding tert-OH is 2. The van der Waals surface area contributed by atoms with Crippen LogP contribution in [0.2, 0.25) is 0 Å². The third kappa shape index (κ3) is 16.1. The number of fused-ring (bicyclic) bond motifs is 4. The molecule has 12 N–H and O–H groups in total. The summed E-state index contributed by atoms with van der Waals surface area (Å²) in [6, 6.07) is 0. The first kappa shape index (κ1) is 69.9. The fourth-order valence-electron chi connectivity index (χ4n) is 11.1. The summed E-state index contributed by atoms with van der Waals surface area (Å²) < 4.78 is 134. The van der Waals surface area contributed by atoms with E-state index in [1.165, 1.54) is 33.5 Å². The molecule has 0 amide bonds. The Morgan fingerprint density at radius 3 is 1.78 bits per heavy atom. The van der Waals surface area contributed by atoms with Crippen LogP contribution >= 0.6 is 41.6 Å². The molecule has 0 aromatic carbocycles. The van der Waals surface area contributed by atoms with E-state index in [-0.39, 0.29) is 89.2 Å². The lowest BCUT2D eigenvalue weighted by atomic mass is 9.89. The lowest BCUT2D eigenvalue weighted by Crippen LogP contribution is -2.51. The molecular weight excluding hydrogens is 1330 g/mol. The molecule has 0 aliphatic carbocycles. The van der Waals surface area contributed by atoms with Crippen LogP contribution in [0.4, 0.5) is 17.5 Å². The van der Waals surface area contributed by atoms with Gasteiger partial charge in [-0.1, -0.05) is 45.4 Å². The second kappa shape index (κ2) is 30.0. The predicted octanol–water partition coefficient (Wildman–Crippen LogP) is 2.90. The third-order valence-electron chi connectivity index (χ3n) is 15.3. The molecule has 6 aromatic rings. The number of imidazole rings is 3. The minimum Gasteiger partial charge on any atom is -0.465 e. The van der Waals surface area contributed by atoms with Crippen molar-refractivity contribution in [1.82, 2.24) is 58.6 Å². The van der Waals surface area contributed by atoms with Crippen molar-refractivity contribution in [3.8, 4) is 0 Å². The maximum absolute atomic E-state index is 14.5. The Labute approximate surface area is 526 Å². The topological polar surface area (TPSA) is 536 Å². The minimum atomic E-state index is -5.52. The molecule has 0 saturated carbocycles. The Morgan fingerprint density at radius 1 is 0.652 bits per heavy atom. The van der Waals surface area contributed by atoms with Gasteiger partial charge in [0.25, 0.3) is 0 Å². The van der Waals surface area contributed by atoms with Crippen molar-refractivity contribution in [3.63, 3.8) is 0 Å². The van der Waals surface area contributed by atoms with Gasteiger partial charge in [-0.25, -0.2) is 63.1 Å². The van der Waals surface area contributed by atoms with E-state index >= 15 is 0 Å². The Morgan fingerprint density at radius 2 is 1.18 bits per heavy atom. The number of nitrogens with zero attached hydrogens (tertiary/aromatic N) is 12. The number of methoxy groups -OCH3 is 1. The van der Waals surface area contributed by atoms with Crippen molar-refractivity contribution in [3.05, 3.63) is 38.0 Å². The quantitative estimate of drug-likeness (QED) is 0.0159. The van der Waals surface area contributed by atoms with Gasteiger partial charge in [-0.05, 0) is 30.6 Å². The second-order valence-electron chi connectivity index (χ2n) is 21.5. The number of phosphoric ester groups is 3. The number of carbonyl (C=O) groups is 1. The van der Waals surface area contributed by atoms with Crippen molar-refractivity contribution < 1.29 is 113 Å². The second-order valence-corrected chi connectivity index (χ2v) is 29.7. The van der Waals surface area contributed by atoms with Crippen molar-refractivity contribution in [2.75, 3.05) is 76.3 Å². The van der Waals surface area contributed by atoms with Crippen molar-refractivity contribution in [1.29, 1.82) is 0 Å². The van der Waals surface area contributed by atoms with Crippen molar-refractivity contribution in [2.24, 2.45) is 0 Å². The van der Waals surface area contributed by atoms with Crippen molar-refractivity contribution >= 4 is 98.6 Å². The Balaban J connectivity index is 0.857. The zero-order valence-electron chi connectivity index (χ0n) is 49.4. The summed E-state index contributed by atoms with van der Waals surface area (Å²) in [4.78, 5) is 94.8. The molecule has 0 bridgehead atoms. The number of nitrogens with two attached hydrogens (primary N) is 3.